The van der Waals surface area contributed by atoms with Crippen LogP contribution in [0.25, 0.3) is 0 Å². The lowest BCUT2D eigenvalue weighted by Gasteiger charge is -2.43. The number of hydrogen-bond acceptors (Lipinski definition) is 5. The van der Waals surface area contributed by atoms with Crippen LogP contribution >= 0.6 is 0 Å². The summed E-state index contributed by atoms with van der Waals surface area (Å²) in [6.45, 7) is 8.52. The minimum atomic E-state index is -0.564. The zero-order valence-electron chi connectivity index (χ0n) is 15.9. The van der Waals surface area contributed by atoms with Crippen molar-refractivity contribution in [2.24, 2.45) is 0 Å². The number of benzene rings is 1. The molecule has 7 heteroatoms. The molecule has 1 aromatic carbocycles. The largest absolute Gasteiger partial charge is 0.322 e. The fourth-order valence-electron chi connectivity index (χ4n) is 4.32. The molecule has 0 bridgehead atoms. The molecule has 2 fully saturated rings. The van der Waals surface area contributed by atoms with Crippen molar-refractivity contribution < 1.29 is 14.4 Å². The minimum absolute atomic E-state index is 0.0485. The monoisotopic (exact) mass is 370 g/mol. The topological polar surface area (TPSA) is 81.8 Å². The molecule has 1 aromatic rings. The lowest BCUT2D eigenvalue weighted by atomic mass is 9.97. The molecule has 0 radical (unpaired) electrons. The molecule has 3 aliphatic heterocycles. The Morgan fingerprint density at radius 3 is 2.78 bits per heavy atom. The molecule has 0 aliphatic carbocycles. The molecular weight excluding hydrogens is 344 g/mol. The highest BCUT2D eigenvalue weighted by Crippen LogP contribution is 2.31. The SMILES string of the molecule is CC1(C)CNCCN1Cc1cccc2c1CN(C1CCC(=O)NC1=O)C2=O. The molecule has 7 nitrogen and oxygen atoms in total. The fraction of sp³-hybridized carbons (Fsp3) is 0.550. The molecule has 27 heavy (non-hydrogen) atoms. The maximum atomic E-state index is 12.9. The van der Waals surface area contributed by atoms with Gasteiger partial charge in [0, 0.05) is 50.2 Å². The average Bonchev–Trinajstić information content (AvgIpc) is 2.95. The van der Waals surface area contributed by atoms with E-state index in [0.717, 1.165) is 37.3 Å². The molecule has 144 valence electrons. The van der Waals surface area contributed by atoms with E-state index < -0.39 is 6.04 Å². The van der Waals surface area contributed by atoms with E-state index in [2.05, 4.69) is 35.4 Å². The van der Waals surface area contributed by atoms with Crippen LogP contribution in [-0.4, -0.2) is 58.7 Å². The maximum absolute atomic E-state index is 12.9. The normalized spacial score (nSPS) is 25.5. The van der Waals surface area contributed by atoms with Gasteiger partial charge in [-0.05, 0) is 37.5 Å². The van der Waals surface area contributed by atoms with E-state index in [1.807, 2.05) is 12.1 Å². The molecule has 3 amide bonds. The van der Waals surface area contributed by atoms with Crippen molar-refractivity contribution in [1.29, 1.82) is 0 Å². The Bertz CT molecular complexity index is 804. The molecule has 1 unspecified atom stereocenters. The van der Waals surface area contributed by atoms with E-state index in [4.69, 9.17) is 0 Å². The molecule has 3 heterocycles. The molecule has 3 aliphatic rings. The Balaban J connectivity index is 1.58. The number of piperazine rings is 1. The number of nitrogens with zero attached hydrogens (tertiary/aromatic N) is 2. The van der Waals surface area contributed by atoms with Crippen LogP contribution in [0.4, 0.5) is 0 Å². The van der Waals surface area contributed by atoms with E-state index in [1.165, 1.54) is 0 Å². The smallest absolute Gasteiger partial charge is 0.255 e. The highest BCUT2D eigenvalue weighted by Gasteiger charge is 2.40. The van der Waals surface area contributed by atoms with Gasteiger partial charge in [-0.25, -0.2) is 0 Å². The molecule has 0 aromatic heterocycles. The Labute approximate surface area is 159 Å². The zero-order valence-corrected chi connectivity index (χ0v) is 15.9. The Kier molecular flexibility index (Phi) is 4.52. The van der Waals surface area contributed by atoms with Crippen molar-refractivity contribution in [3.63, 3.8) is 0 Å². The van der Waals surface area contributed by atoms with E-state index in [9.17, 15) is 14.4 Å². The second-order valence-corrected chi connectivity index (χ2v) is 8.25. The summed E-state index contributed by atoms with van der Waals surface area (Å²) in [4.78, 5) is 40.7. The number of carbonyl (C=O) groups excluding carboxylic acids is 3. The lowest BCUT2D eigenvalue weighted by Crippen LogP contribution is -2.57. The van der Waals surface area contributed by atoms with Crippen molar-refractivity contribution in [3.05, 3.63) is 34.9 Å². The number of fused-ring (bicyclic) bond motifs is 1. The van der Waals surface area contributed by atoms with Gasteiger partial charge in [0.15, 0.2) is 0 Å². The van der Waals surface area contributed by atoms with Crippen LogP contribution in [0.15, 0.2) is 18.2 Å². The van der Waals surface area contributed by atoms with Crippen LogP contribution in [0.1, 0.15) is 48.2 Å². The fourth-order valence-corrected chi connectivity index (χ4v) is 4.32. The predicted octanol–water partition coefficient (Wildman–Crippen LogP) is 0.631. The maximum Gasteiger partial charge on any atom is 0.255 e. The zero-order chi connectivity index (χ0) is 19.2. The lowest BCUT2D eigenvalue weighted by molar-refractivity contribution is -0.136. The van der Waals surface area contributed by atoms with Gasteiger partial charge >= 0.3 is 0 Å². The number of hydrogen-bond donors (Lipinski definition) is 2. The van der Waals surface area contributed by atoms with Crippen LogP contribution in [0.2, 0.25) is 0 Å². The van der Waals surface area contributed by atoms with E-state index in [1.54, 1.807) is 4.90 Å². The van der Waals surface area contributed by atoms with E-state index in [-0.39, 0.29) is 29.7 Å². The molecule has 4 rings (SSSR count). The van der Waals surface area contributed by atoms with Crippen LogP contribution in [0, 0.1) is 0 Å². The Morgan fingerprint density at radius 1 is 1.22 bits per heavy atom. The van der Waals surface area contributed by atoms with Gasteiger partial charge in [-0.15, -0.1) is 0 Å². The summed E-state index contributed by atoms with van der Waals surface area (Å²) in [7, 11) is 0. The summed E-state index contributed by atoms with van der Waals surface area (Å²) in [5.41, 5.74) is 2.89. The van der Waals surface area contributed by atoms with Gasteiger partial charge in [-0.3, -0.25) is 24.6 Å². The quantitative estimate of drug-likeness (QED) is 0.763. The highest BCUT2D eigenvalue weighted by molar-refractivity contribution is 6.05. The molecule has 1 atom stereocenters. The van der Waals surface area contributed by atoms with Gasteiger partial charge in [0.25, 0.3) is 5.91 Å². The number of piperidine rings is 1. The summed E-state index contributed by atoms with van der Waals surface area (Å²) >= 11 is 0. The second kappa shape index (κ2) is 6.73. The molecule has 2 saturated heterocycles. The number of imide groups is 1. The summed E-state index contributed by atoms with van der Waals surface area (Å²) < 4.78 is 0. The standard InChI is InChI=1S/C20H26N4O3/c1-20(2)12-21-8-9-23(20)10-13-4-3-5-14-15(13)11-24(19(14)27)16-6-7-17(25)22-18(16)26/h3-5,16,21H,6-12H2,1-2H3,(H,22,25,26). The van der Waals surface area contributed by atoms with Gasteiger partial charge in [-0.2, -0.15) is 0 Å². The Hall–Kier alpha value is -2.25. The van der Waals surface area contributed by atoms with Gasteiger partial charge in [0.1, 0.15) is 6.04 Å². The van der Waals surface area contributed by atoms with Crippen LogP contribution < -0.4 is 10.6 Å². The first kappa shape index (κ1) is 18.1. The van der Waals surface area contributed by atoms with Gasteiger partial charge in [0.2, 0.25) is 11.8 Å². The summed E-state index contributed by atoms with van der Waals surface area (Å²) in [5, 5.41) is 5.79. The third-order valence-corrected chi connectivity index (χ3v) is 6.01. The minimum Gasteiger partial charge on any atom is -0.322 e. The van der Waals surface area contributed by atoms with Crippen molar-refractivity contribution in [2.75, 3.05) is 19.6 Å². The first-order valence-corrected chi connectivity index (χ1v) is 9.58. The molecule has 0 saturated carbocycles. The Morgan fingerprint density at radius 2 is 2.04 bits per heavy atom. The average molecular weight is 370 g/mol. The first-order valence-electron chi connectivity index (χ1n) is 9.58. The van der Waals surface area contributed by atoms with Crippen molar-refractivity contribution in [1.82, 2.24) is 20.4 Å². The molecule has 0 spiro atoms. The van der Waals surface area contributed by atoms with E-state index >= 15 is 0 Å². The number of nitrogens with one attached hydrogen (secondary N) is 2. The van der Waals surface area contributed by atoms with Crippen molar-refractivity contribution in [3.8, 4) is 0 Å². The summed E-state index contributed by atoms with van der Waals surface area (Å²) in [6.07, 6.45) is 0.670. The van der Waals surface area contributed by atoms with Gasteiger partial charge in [0.05, 0.1) is 0 Å². The van der Waals surface area contributed by atoms with Crippen molar-refractivity contribution >= 4 is 17.7 Å². The highest BCUT2D eigenvalue weighted by atomic mass is 16.2. The van der Waals surface area contributed by atoms with Crippen molar-refractivity contribution in [2.45, 2.75) is 51.4 Å². The van der Waals surface area contributed by atoms with E-state index in [0.29, 0.717) is 18.5 Å². The predicted molar refractivity (Wildman–Crippen MR) is 99.8 cm³/mol. The van der Waals surface area contributed by atoms with Crippen LogP contribution in [-0.2, 0) is 22.7 Å². The van der Waals surface area contributed by atoms with Crippen LogP contribution in [0.5, 0.6) is 0 Å². The van der Waals surface area contributed by atoms with Gasteiger partial charge < -0.3 is 10.2 Å². The third-order valence-electron chi connectivity index (χ3n) is 6.01. The summed E-state index contributed by atoms with van der Waals surface area (Å²) in [6, 6.07) is 5.29. The first-order chi connectivity index (χ1) is 12.9. The number of carbonyl (C=O) groups is 3. The third kappa shape index (κ3) is 3.26. The van der Waals surface area contributed by atoms with Crippen LogP contribution in [0.3, 0.4) is 0 Å². The molecular formula is C20H26N4O3. The molecule has 2 N–H and O–H groups in total. The number of rotatable bonds is 3. The second-order valence-electron chi connectivity index (χ2n) is 8.25. The van der Waals surface area contributed by atoms with Gasteiger partial charge in [-0.1, -0.05) is 12.1 Å². The summed E-state index contributed by atoms with van der Waals surface area (Å²) in [5.74, 6) is -0.736. The number of amides is 3.